The van der Waals surface area contributed by atoms with E-state index in [2.05, 4.69) is 20.5 Å². The van der Waals surface area contributed by atoms with Crippen LogP contribution in [0.4, 0.5) is 13.2 Å². The topological polar surface area (TPSA) is 160 Å². The van der Waals surface area contributed by atoms with Gasteiger partial charge in [0.05, 0.1) is 6.20 Å². The number of primary amides is 1. The lowest BCUT2D eigenvalue weighted by molar-refractivity contribution is -0.175. The Morgan fingerprint density at radius 3 is 2.45 bits per heavy atom. The van der Waals surface area contributed by atoms with Crippen LogP contribution in [-0.2, 0) is 19.2 Å². The molecule has 2 aromatic heterocycles. The molecule has 38 heavy (non-hydrogen) atoms. The fourth-order valence-electron chi connectivity index (χ4n) is 5.39. The summed E-state index contributed by atoms with van der Waals surface area (Å²) < 4.78 is 38.8. The molecule has 4 rings (SSSR count). The van der Waals surface area contributed by atoms with E-state index in [1.54, 1.807) is 11.4 Å². The highest BCUT2D eigenvalue weighted by Gasteiger charge is 2.69. The summed E-state index contributed by atoms with van der Waals surface area (Å²) in [5, 5.41) is 13.2. The Bertz CT molecular complexity index is 1290. The molecule has 3 unspecified atom stereocenters. The normalized spacial score (nSPS) is 23.5. The lowest BCUT2D eigenvalue weighted by Gasteiger charge is -2.34. The predicted octanol–water partition coefficient (Wildman–Crippen LogP) is 0.854. The Morgan fingerprint density at radius 1 is 1.16 bits per heavy atom. The number of amides is 4. The molecule has 1 aliphatic heterocycles. The first-order valence-electron chi connectivity index (χ1n) is 12.0. The summed E-state index contributed by atoms with van der Waals surface area (Å²) in [5.74, 6) is -5.78. The largest absolute Gasteiger partial charge is 0.471 e. The second-order valence-corrected chi connectivity index (χ2v) is 10.6. The fourth-order valence-corrected chi connectivity index (χ4v) is 5.39. The molecule has 0 bridgehead atoms. The van der Waals surface area contributed by atoms with Gasteiger partial charge >= 0.3 is 12.1 Å². The molecule has 14 heteroatoms. The van der Waals surface area contributed by atoms with Crippen molar-refractivity contribution in [3.8, 4) is 0 Å². The first kappa shape index (κ1) is 27.2. The monoisotopic (exact) mass is 535 g/mol. The molecule has 4 N–H and O–H groups in total. The second-order valence-electron chi connectivity index (χ2n) is 10.6. The Morgan fingerprint density at radius 2 is 1.84 bits per heavy atom. The second kappa shape index (κ2) is 9.48. The molecule has 1 aliphatic carbocycles. The third-order valence-corrected chi connectivity index (χ3v) is 7.57. The molecular formula is C24H28F3N7O4. The third kappa shape index (κ3) is 4.74. The van der Waals surface area contributed by atoms with Gasteiger partial charge in [-0.05, 0) is 29.2 Å². The maximum Gasteiger partial charge on any atom is 0.471 e. The summed E-state index contributed by atoms with van der Waals surface area (Å²) in [6.45, 7) is 6.94. The number of nitrogens with zero attached hydrogens (tertiary/aromatic N) is 4. The van der Waals surface area contributed by atoms with Crippen LogP contribution in [0.5, 0.6) is 0 Å². The lowest BCUT2D eigenvalue weighted by Crippen LogP contribution is -2.59. The minimum atomic E-state index is -5.18. The number of rotatable bonds is 7. The molecular weight excluding hydrogens is 507 g/mol. The number of fused-ring (bicyclic) bond motifs is 2. The molecule has 2 fully saturated rings. The highest BCUT2D eigenvalue weighted by molar-refractivity contribution is 5.97. The third-order valence-electron chi connectivity index (χ3n) is 7.57. The maximum absolute atomic E-state index is 13.6. The van der Waals surface area contributed by atoms with E-state index in [9.17, 15) is 32.3 Å². The molecule has 204 valence electrons. The van der Waals surface area contributed by atoms with Crippen molar-refractivity contribution in [3.63, 3.8) is 0 Å². The van der Waals surface area contributed by atoms with Gasteiger partial charge in [-0.15, -0.1) is 0 Å². The van der Waals surface area contributed by atoms with E-state index in [-0.39, 0.29) is 29.5 Å². The number of pyridine rings is 1. The number of piperidine rings is 1. The maximum atomic E-state index is 13.6. The molecule has 5 atom stereocenters. The van der Waals surface area contributed by atoms with Crippen molar-refractivity contribution < 1.29 is 32.3 Å². The van der Waals surface area contributed by atoms with Crippen molar-refractivity contribution in [2.75, 3.05) is 6.54 Å². The lowest BCUT2D eigenvalue weighted by atomic mass is 9.97. The Hall–Kier alpha value is -3.84. The van der Waals surface area contributed by atoms with Crippen LogP contribution in [0.2, 0.25) is 0 Å². The molecule has 4 amide bonds. The van der Waals surface area contributed by atoms with Crippen LogP contribution in [0.25, 0.3) is 10.8 Å². The first-order chi connectivity index (χ1) is 17.7. The number of carbonyl (C=O) groups is 4. The van der Waals surface area contributed by atoms with Crippen molar-refractivity contribution in [1.29, 1.82) is 0 Å². The van der Waals surface area contributed by atoms with Crippen LogP contribution in [0.1, 0.15) is 39.4 Å². The zero-order valence-electron chi connectivity index (χ0n) is 21.1. The van der Waals surface area contributed by atoms with E-state index < -0.39 is 53.8 Å². The van der Waals surface area contributed by atoms with E-state index in [1.807, 2.05) is 13.8 Å². The van der Waals surface area contributed by atoms with Crippen molar-refractivity contribution in [2.24, 2.45) is 28.9 Å². The number of alkyl halides is 3. The summed E-state index contributed by atoms with van der Waals surface area (Å²) in [4.78, 5) is 56.3. The molecule has 11 nitrogen and oxygen atoms in total. The van der Waals surface area contributed by atoms with Crippen LogP contribution in [0.15, 0.2) is 24.7 Å². The van der Waals surface area contributed by atoms with Gasteiger partial charge in [0.25, 0.3) is 0 Å². The van der Waals surface area contributed by atoms with Crippen molar-refractivity contribution in [2.45, 2.75) is 52.0 Å². The number of nitrogens with one attached hydrogen (secondary N) is 2. The molecule has 0 radical (unpaired) electrons. The quantitative estimate of drug-likeness (QED) is 0.474. The first-order valence-corrected chi connectivity index (χ1v) is 12.0. The van der Waals surface area contributed by atoms with Gasteiger partial charge in [0.1, 0.15) is 17.8 Å². The molecule has 3 heterocycles. The molecule has 1 saturated heterocycles. The Balaban J connectivity index is 1.63. The standard InChI is InChI=1S/C24H28F3N7O4/c1-10(2)15(32-22(38)24(25,26)27)21(37)34-9-13-14(23(13,3)4)18(34)20(36)31-17(19(28)35)16-12-5-6-29-7-11(12)8-30-33-16/h5-8,10,13-15,17-18H,9H2,1-4H3,(H2,28,35)(H,31,36)(H,32,38)/t13?,14?,15-,17-,18?/m0/s1. The van der Waals surface area contributed by atoms with Gasteiger partial charge in [0.15, 0.2) is 6.04 Å². The summed E-state index contributed by atoms with van der Waals surface area (Å²) in [6, 6.07) is -2.42. The van der Waals surface area contributed by atoms with E-state index in [0.717, 1.165) is 0 Å². The Kier molecular flexibility index (Phi) is 6.78. The zero-order valence-corrected chi connectivity index (χ0v) is 21.1. The van der Waals surface area contributed by atoms with Gasteiger partial charge < -0.3 is 21.3 Å². The molecule has 0 aromatic carbocycles. The molecule has 1 saturated carbocycles. The smallest absolute Gasteiger partial charge is 0.368 e. The van der Waals surface area contributed by atoms with E-state index in [4.69, 9.17) is 5.73 Å². The number of hydrogen-bond acceptors (Lipinski definition) is 7. The van der Waals surface area contributed by atoms with Crippen LogP contribution in [0, 0.1) is 23.2 Å². The van der Waals surface area contributed by atoms with E-state index in [0.29, 0.717) is 10.8 Å². The number of carbonyl (C=O) groups excluding carboxylic acids is 4. The highest BCUT2D eigenvalue weighted by Crippen LogP contribution is 2.65. The van der Waals surface area contributed by atoms with Crippen molar-refractivity contribution in [1.82, 2.24) is 30.7 Å². The van der Waals surface area contributed by atoms with Crippen LogP contribution < -0.4 is 16.4 Å². The minimum Gasteiger partial charge on any atom is -0.368 e. The van der Waals surface area contributed by atoms with Crippen LogP contribution in [-0.4, -0.2) is 68.5 Å². The van der Waals surface area contributed by atoms with Crippen molar-refractivity contribution >= 4 is 34.4 Å². The zero-order chi connectivity index (χ0) is 28.2. The summed E-state index contributed by atoms with van der Waals surface area (Å²) in [5.41, 5.74) is 5.38. The summed E-state index contributed by atoms with van der Waals surface area (Å²) in [7, 11) is 0. The van der Waals surface area contributed by atoms with E-state index in [1.165, 1.54) is 37.3 Å². The van der Waals surface area contributed by atoms with E-state index >= 15 is 0 Å². The number of likely N-dealkylation sites (tertiary alicyclic amines) is 1. The summed E-state index contributed by atoms with van der Waals surface area (Å²) >= 11 is 0. The molecule has 2 aromatic rings. The number of halogens is 3. The Labute approximate surface area is 215 Å². The van der Waals surface area contributed by atoms with Crippen LogP contribution in [0.3, 0.4) is 0 Å². The predicted molar refractivity (Wildman–Crippen MR) is 126 cm³/mol. The van der Waals surface area contributed by atoms with Crippen LogP contribution >= 0.6 is 0 Å². The summed E-state index contributed by atoms with van der Waals surface area (Å²) in [6.07, 6.45) is -0.766. The van der Waals surface area contributed by atoms with Gasteiger partial charge in [0, 0.05) is 29.7 Å². The van der Waals surface area contributed by atoms with Gasteiger partial charge in [-0.3, -0.25) is 24.2 Å². The molecule has 2 aliphatic rings. The van der Waals surface area contributed by atoms with Crippen molar-refractivity contribution in [3.05, 3.63) is 30.4 Å². The average molecular weight is 536 g/mol. The average Bonchev–Trinajstić information content (AvgIpc) is 3.16. The van der Waals surface area contributed by atoms with Gasteiger partial charge in [-0.2, -0.15) is 23.4 Å². The SMILES string of the molecule is CC(C)[C@H](NC(=O)C(F)(F)F)C(=O)N1CC2C(C1C(=O)N[C@H](C(N)=O)c1nncc3cnccc13)C2(C)C. The minimum absolute atomic E-state index is 0.0886. The number of hydrogen-bond donors (Lipinski definition) is 3. The number of nitrogens with two attached hydrogens (primary N) is 1. The number of aromatic nitrogens is 3. The van der Waals surface area contributed by atoms with Gasteiger partial charge in [-0.1, -0.05) is 27.7 Å². The van der Waals surface area contributed by atoms with Gasteiger partial charge in [-0.25, -0.2) is 0 Å². The molecule has 0 spiro atoms. The fraction of sp³-hybridized carbons (Fsp3) is 0.542. The van der Waals surface area contributed by atoms with Gasteiger partial charge in [0.2, 0.25) is 17.7 Å². The highest BCUT2D eigenvalue weighted by atomic mass is 19.4.